The first-order valence-corrected chi connectivity index (χ1v) is 7.72. The van der Waals surface area contributed by atoms with Crippen molar-refractivity contribution < 1.29 is 18.3 Å². The van der Waals surface area contributed by atoms with E-state index < -0.39 is 22.0 Å². The van der Waals surface area contributed by atoms with Gasteiger partial charge in [0.1, 0.15) is 5.82 Å². The molecule has 1 unspecified atom stereocenters. The molecule has 0 radical (unpaired) electrons. The average molecular weight is 330 g/mol. The monoisotopic (exact) mass is 329 g/mol. The van der Waals surface area contributed by atoms with Crippen LogP contribution in [0.2, 0.25) is 5.02 Å². The molecule has 112 valence electrons. The van der Waals surface area contributed by atoms with Crippen molar-refractivity contribution in [3.8, 4) is 0 Å². The number of hydrogen-bond donors (Lipinski definition) is 3. The van der Waals surface area contributed by atoms with Crippen molar-refractivity contribution in [1.29, 1.82) is 0 Å². The Kier molecular flexibility index (Phi) is 4.31. The van der Waals surface area contributed by atoms with Crippen LogP contribution in [0, 0.1) is 0 Å². The molecule has 0 bridgehead atoms. The molecule has 0 fully saturated rings. The van der Waals surface area contributed by atoms with Crippen LogP contribution in [-0.4, -0.2) is 29.5 Å². The van der Waals surface area contributed by atoms with E-state index in [4.69, 9.17) is 16.7 Å². The summed E-state index contributed by atoms with van der Waals surface area (Å²) in [4.78, 5) is 17.6. The van der Waals surface area contributed by atoms with Crippen LogP contribution in [0.15, 0.2) is 35.5 Å². The summed E-state index contributed by atoms with van der Waals surface area (Å²) in [5.74, 6) is -0.845. The fourth-order valence-corrected chi connectivity index (χ4v) is 3.14. The molecule has 9 heteroatoms. The van der Waals surface area contributed by atoms with Gasteiger partial charge in [0.2, 0.25) is 10.0 Å². The number of aromatic nitrogens is 2. The average Bonchev–Trinajstić information content (AvgIpc) is 2.92. The third kappa shape index (κ3) is 3.41. The van der Waals surface area contributed by atoms with Crippen LogP contribution in [0.3, 0.4) is 0 Å². The number of carboxylic acids is 1. The van der Waals surface area contributed by atoms with E-state index in [0.717, 1.165) is 6.07 Å². The smallest absolute Gasteiger partial charge is 0.337 e. The number of aromatic carboxylic acids is 1. The Labute approximate surface area is 126 Å². The first kappa shape index (κ1) is 15.5. The molecule has 1 heterocycles. The summed E-state index contributed by atoms with van der Waals surface area (Å²) in [6.45, 7) is 1.62. The predicted molar refractivity (Wildman–Crippen MR) is 75.7 cm³/mol. The van der Waals surface area contributed by atoms with E-state index in [2.05, 4.69) is 14.7 Å². The van der Waals surface area contributed by atoms with Gasteiger partial charge in [-0.25, -0.2) is 22.9 Å². The number of carboxylic acid groups (broad SMARTS) is 1. The molecule has 0 saturated carbocycles. The molecule has 3 N–H and O–H groups in total. The Morgan fingerprint density at radius 3 is 2.76 bits per heavy atom. The maximum Gasteiger partial charge on any atom is 0.337 e. The molecule has 7 nitrogen and oxygen atoms in total. The molecule has 1 atom stereocenters. The van der Waals surface area contributed by atoms with E-state index in [9.17, 15) is 13.2 Å². The first-order valence-electron chi connectivity index (χ1n) is 5.85. The van der Waals surface area contributed by atoms with Gasteiger partial charge in [-0.15, -0.1) is 0 Å². The highest BCUT2D eigenvalue weighted by Gasteiger charge is 2.22. The van der Waals surface area contributed by atoms with Gasteiger partial charge in [-0.1, -0.05) is 11.6 Å². The molecular formula is C12H12ClN3O4S. The van der Waals surface area contributed by atoms with Gasteiger partial charge in [-0.3, -0.25) is 0 Å². The Bertz CT molecular complexity index is 759. The number of nitrogens with one attached hydrogen (secondary N) is 2. The van der Waals surface area contributed by atoms with Crippen LogP contribution in [0.4, 0.5) is 0 Å². The molecule has 0 spiro atoms. The van der Waals surface area contributed by atoms with E-state index in [1.807, 2.05) is 0 Å². The second-order valence-electron chi connectivity index (χ2n) is 4.26. The van der Waals surface area contributed by atoms with Crippen LogP contribution >= 0.6 is 11.6 Å². The first-order chi connectivity index (χ1) is 9.81. The Morgan fingerprint density at radius 2 is 2.19 bits per heavy atom. The number of sulfonamides is 1. The minimum atomic E-state index is -3.89. The van der Waals surface area contributed by atoms with Crippen LogP contribution in [0.5, 0.6) is 0 Å². The van der Waals surface area contributed by atoms with Gasteiger partial charge >= 0.3 is 5.97 Å². The lowest BCUT2D eigenvalue weighted by Crippen LogP contribution is -2.27. The van der Waals surface area contributed by atoms with Crippen molar-refractivity contribution in [2.24, 2.45) is 0 Å². The lowest BCUT2D eigenvalue weighted by molar-refractivity contribution is 0.0697. The summed E-state index contributed by atoms with van der Waals surface area (Å²) in [7, 11) is -3.89. The highest BCUT2D eigenvalue weighted by atomic mass is 35.5. The van der Waals surface area contributed by atoms with Crippen LogP contribution in [-0.2, 0) is 10.0 Å². The molecule has 21 heavy (non-hydrogen) atoms. The number of rotatable bonds is 5. The van der Waals surface area contributed by atoms with Gasteiger partial charge in [-0.2, -0.15) is 0 Å². The molecule has 0 aliphatic heterocycles. The number of aromatic amines is 1. The topological polar surface area (TPSA) is 112 Å². The summed E-state index contributed by atoms with van der Waals surface area (Å²) < 4.78 is 26.9. The van der Waals surface area contributed by atoms with Gasteiger partial charge in [0.25, 0.3) is 0 Å². The fourth-order valence-electron chi connectivity index (χ4n) is 1.71. The van der Waals surface area contributed by atoms with Crippen LogP contribution in [0.1, 0.15) is 29.1 Å². The maximum absolute atomic E-state index is 12.2. The number of hydrogen-bond acceptors (Lipinski definition) is 4. The van der Waals surface area contributed by atoms with Crippen molar-refractivity contribution in [3.05, 3.63) is 47.0 Å². The second-order valence-corrected chi connectivity index (χ2v) is 6.39. The number of nitrogens with zero attached hydrogens (tertiary/aromatic N) is 1. The Hall–Kier alpha value is -1.90. The molecule has 0 saturated heterocycles. The van der Waals surface area contributed by atoms with E-state index in [1.165, 1.54) is 18.3 Å². The predicted octanol–water partition coefficient (Wildman–Crippen LogP) is 1.80. The molecule has 0 amide bonds. The standard InChI is InChI=1S/C12H12ClN3O4S/c1-7(11-14-4-5-15-11)16-21(19,20)8-2-3-10(13)9(6-8)12(17)18/h2-7,16H,1H3,(H,14,15)(H,17,18). The van der Waals surface area contributed by atoms with Crippen LogP contribution < -0.4 is 4.72 Å². The molecule has 2 aromatic rings. The van der Waals surface area contributed by atoms with E-state index in [1.54, 1.807) is 13.1 Å². The molecular weight excluding hydrogens is 318 g/mol. The highest BCUT2D eigenvalue weighted by Crippen LogP contribution is 2.21. The lowest BCUT2D eigenvalue weighted by atomic mass is 10.2. The molecule has 2 rings (SSSR count). The highest BCUT2D eigenvalue weighted by molar-refractivity contribution is 7.89. The van der Waals surface area contributed by atoms with E-state index >= 15 is 0 Å². The molecule has 1 aromatic heterocycles. The summed E-state index contributed by atoms with van der Waals surface area (Å²) in [6, 6.07) is 2.90. The number of imidazole rings is 1. The van der Waals surface area contributed by atoms with Crippen molar-refractivity contribution >= 4 is 27.6 Å². The molecule has 0 aliphatic carbocycles. The molecule has 0 aliphatic rings. The van der Waals surface area contributed by atoms with Crippen molar-refractivity contribution in [1.82, 2.24) is 14.7 Å². The zero-order valence-corrected chi connectivity index (χ0v) is 12.4. The van der Waals surface area contributed by atoms with E-state index in [0.29, 0.717) is 5.82 Å². The Morgan fingerprint density at radius 1 is 1.48 bits per heavy atom. The number of benzene rings is 1. The van der Waals surface area contributed by atoms with E-state index in [-0.39, 0.29) is 15.5 Å². The van der Waals surface area contributed by atoms with Crippen molar-refractivity contribution in [3.63, 3.8) is 0 Å². The number of halogens is 1. The summed E-state index contributed by atoms with van der Waals surface area (Å²) in [5.41, 5.74) is -0.273. The number of carbonyl (C=O) groups is 1. The third-order valence-corrected chi connectivity index (χ3v) is 4.61. The third-order valence-electron chi connectivity index (χ3n) is 2.74. The largest absolute Gasteiger partial charge is 0.478 e. The maximum atomic E-state index is 12.2. The minimum absolute atomic E-state index is 0.0273. The SMILES string of the molecule is CC(NS(=O)(=O)c1ccc(Cl)c(C(=O)O)c1)c1ncc[nH]1. The molecule has 1 aromatic carbocycles. The van der Waals surface area contributed by atoms with Crippen molar-refractivity contribution in [2.45, 2.75) is 17.9 Å². The zero-order valence-electron chi connectivity index (χ0n) is 10.9. The Balaban J connectivity index is 2.32. The lowest BCUT2D eigenvalue weighted by Gasteiger charge is -2.12. The zero-order chi connectivity index (χ0) is 15.6. The normalized spacial score (nSPS) is 13.0. The second kappa shape index (κ2) is 5.84. The summed E-state index contributed by atoms with van der Waals surface area (Å²) in [6.07, 6.45) is 3.08. The fraction of sp³-hybridized carbons (Fsp3) is 0.167. The summed E-state index contributed by atoms with van der Waals surface area (Å²) in [5, 5.41) is 8.95. The van der Waals surface area contributed by atoms with Gasteiger partial charge in [0.05, 0.1) is 21.5 Å². The van der Waals surface area contributed by atoms with Gasteiger partial charge < -0.3 is 10.1 Å². The van der Waals surface area contributed by atoms with Crippen LogP contribution in [0.25, 0.3) is 0 Å². The quantitative estimate of drug-likeness (QED) is 0.774. The number of H-pyrrole nitrogens is 1. The van der Waals surface area contributed by atoms with Gasteiger partial charge in [0, 0.05) is 12.4 Å². The summed E-state index contributed by atoms with van der Waals surface area (Å²) >= 11 is 5.72. The minimum Gasteiger partial charge on any atom is -0.478 e. The van der Waals surface area contributed by atoms with Crippen molar-refractivity contribution in [2.75, 3.05) is 0 Å². The van der Waals surface area contributed by atoms with Gasteiger partial charge in [0.15, 0.2) is 0 Å². The van der Waals surface area contributed by atoms with Gasteiger partial charge in [-0.05, 0) is 25.1 Å².